The molecule has 0 saturated carbocycles. The number of aromatic nitrogens is 2. The molecular weight excluding hydrogens is 452 g/mol. The standard InChI is InChI=1S/C26H34N2O5S/c1-25(2)16-20(17-26(3,4)34(25,29)30)33-24-15-22(18-11-13-19(31-5)14-12-18)28(27-24)21-9-7-8-10-23(21)32-6/h7-15,20,29-30H,16-17H2,1-6H3. The highest BCUT2D eigenvalue weighted by molar-refractivity contribution is 8.26. The Labute approximate surface area is 203 Å². The van der Waals surface area contributed by atoms with E-state index in [1.54, 1.807) is 14.2 Å². The Kier molecular flexibility index (Phi) is 6.35. The topological polar surface area (TPSA) is 86.0 Å². The van der Waals surface area contributed by atoms with Gasteiger partial charge in [-0.1, -0.05) is 12.1 Å². The van der Waals surface area contributed by atoms with E-state index in [0.717, 1.165) is 22.7 Å². The van der Waals surface area contributed by atoms with Crippen molar-refractivity contribution in [2.75, 3.05) is 14.2 Å². The third-order valence-electron chi connectivity index (χ3n) is 6.65. The summed E-state index contributed by atoms with van der Waals surface area (Å²) in [6.07, 6.45) is 0.852. The molecule has 2 heterocycles. The lowest BCUT2D eigenvalue weighted by atomic mass is 9.95. The van der Waals surface area contributed by atoms with Crippen molar-refractivity contribution >= 4 is 10.6 Å². The predicted octanol–water partition coefficient (Wildman–Crippen LogP) is 6.41. The van der Waals surface area contributed by atoms with Gasteiger partial charge >= 0.3 is 0 Å². The van der Waals surface area contributed by atoms with E-state index in [4.69, 9.17) is 19.3 Å². The van der Waals surface area contributed by atoms with E-state index in [1.165, 1.54) is 0 Å². The first-order valence-corrected chi connectivity index (χ1v) is 12.9. The lowest BCUT2D eigenvalue weighted by molar-refractivity contribution is 0.130. The van der Waals surface area contributed by atoms with Crippen LogP contribution in [0.4, 0.5) is 0 Å². The molecule has 1 fully saturated rings. The fourth-order valence-electron chi connectivity index (χ4n) is 4.78. The van der Waals surface area contributed by atoms with E-state index in [1.807, 2.05) is 87.0 Å². The summed E-state index contributed by atoms with van der Waals surface area (Å²) in [5, 5.41) is 4.80. The number of ether oxygens (including phenoxy) is 3. The second-order valence-electron chi connectivity index (χ2n) is 9.90. The van der Waals surface area contributed by atoms with Crippen molar-refractivity contribution in [2.24, 2.45) is 0 Å². The average Bonchev–Trinajstić information content (AvgIpc) is 3.20. The summed E-state index contributed by atoms with van der Waals surface area (Å²) in [7, 11) is 0.474. The molecule has 3 aromatic rings. The van der Waals surface area contributed by atoms with Crippen molar-refractivity contribution in [3.05, 3.63) is 54.6 Å². The van der Waals surface area contributed by atoms with Crippen molar-refractivity contribution in [3.63, 3.8) is 0 Å². The number of rotatable bonds is 6. The van der Waals surface area contributed by atoms with Crippen LogP contribution in [0.5, 0.6) is 17.4 Å². The first kappa shape index (κ1) is 24.4. The van der Waals surface area contributed by atoms with Crippen molar-refractivity contribution < 1.29 is 23.3 Å². The van der Waals surface area contributed by atoms with Gasteiger partial charge in [-0.2, -0.15) is 10.6 Å². The predicted molar refractivity (Wildman–Crippen MR) is 137 cm³/mol. The molecule has 1 saturated heterocycles. The van der Waals surface area contributed by atoms with E-state index >= 15 is 0 Å². The molecule has 1 aliphatic rings. The van der Waals surface area contributed by atoms with Crippen LogP contribution < -0.4 is 14.2 Å². The Bertz CT molecular complexity index is 1130. The Morgan fingerprint density at radius 3 is 2.12 bits per heavy atom. The zero-order valence-corrected chi connectivity index (χ0v) is 21.4. The smallest absolute Gasteiger partial charge is 0.234 e. The average molecular weight is 487 g/mol. The molecule has 7 nitrogen and oxygen atoms in total. The first-order chi connectivity index (χ1) is 16.0. The molecule has 1 aromatic heterocycles. The summed E-state index contributed by atoms with van der Waals surface area (Å²) >= 11 is 0. The van der Waals surface area contributed by atoms with Gasteiger partial charge in [0.15, 0.2) is 0 Å². The molecule has 0 spiro atoms. The molecule has 2 aromatic carbocycles. The zero-order chi connectivity index (χ0) is 24.7. The van der Waals surface area contributed by atoms with Crippen molar-refractivity contribution in [1.82, 2.24) is 9.78 Å². The van der Waals surface area contributed by atoms with Gasteiger partial charge < -0.3 is 14.2 Å². The van der Waals surface area contributed by atoms with E-state index in [0.29, 0.717) is 24.5 Å². The summed E-state index contributed by atoms with van der Waals surface area (Å²) in [6, 6.07) is 17.4. The SMILES string of the molecule is COc1ccc(-c2cc(OC3CC(C)(C)S(O)(O)C(C)(C)C3)nn2-c2ccccc2OC)cc1. The molecule has 184 valence electrons. The summed E-state index contributed by atoms with van der Waals surface area (Å²) in [5.41, 5.74) is 2.59. The normalized spacial score (nSPS) is 19.9. The molecule has 34 heavy (non-hydrogen) atoms. The highest BCUT2D eigenvalue weighted by atomic mass is 32.3. The van der Waals surface area contributed by atoms with Gasteiger partial charge in [-0.3, -0.25) is 9.11 Å². The lowest BCUT2D eigenvalue weighted by Gasteiger charge is -2.61. The Hall–Kier alpha value is -2.68. The Balaban J connectivity index is 1.74. The maximum absolute atomic E-state index is 10.9. The van der Waals surface area contributed by atoms with Crippen LogP contribution in [0.1, 0.15) is 40.5 Å². The third-order valence-corrected chi connectivity index (χ3v) is 10.1. The number of benzene rings is 2. The molecule has 4 rings (SSSR count). The van der Waals surface area contributed by atoms with E-state index in [2.05, 4.69) is 0 Å². The molecular formula is C26H34N2O5S. The van der Waals surface area contributed by atoms with Crippen LogP contribution >= 0.6 is 10.6 Å². The maximum atomic E-state index is 10.9. The number of hydrogen-bond donors (Lipinski definition) is 2. The fourth-order valence-corrected chi connectivity index (χ4v) is 7.11. The zero-order valence-electron chi connectivity index (χ0n) is 20.6. The van der Waals surface area contributed by atoms with Gasteiger partial charge in [0.2, 0.25) is 5.88 Å². The van der Waals surface area contributed by atoms with Gasteiger partial charge in [0.05, 0.1) is 29.4 Å². The molecule has 0 radical (unpaired) electrons. The van der Waals surface area contributed by atoms with Crippen molar-refractivity contribution in [1.29, 1.82) is 0 Å². The number of hydrogen-bond acceptors (Lipinski definition) is 6. The van der Waals surface area contributed by atoms with E-state index in [-0.39, 0.29) is 6.10 Å². The Morgan fingerprint density at radius 2 is 1.53 bits per heavy atom. The van der Waals surface area contributed by atoms with Gasteiger partial charge in [0.1, 0.15) is 23.3 Å². The molecule has 0 unspecified atom stereocenters. The first-order valence-electron chi connectivity index (χ1n) is 11.3. The minimum absolute atomic E-state index is 0.199. The highest BCUT2D eigenvalue weighted by Gasteiger charge is 2.52. The maximum Gasteiger partial charge on any atom is 0.234 e. The molecule has 2 N–H and O–H groups in total. The van der Waals surface area contributed by atoms with E-state index < -0.39 is 20.1 Å². The largest absolute Gasteiger partial charge is 0.497 e. The van der Waals surface area contributed by atoms with E-state index in [9.17, 15) is 9.11 Å². The van der Waals surface area contributed by atoms with Crippen LogP contribution in [-0.4, -0.2) is 48.7 Å². The third kappa shape index (κ3) is 4.26. The van der Waals surface area contributed by atoms with Crippen LogP contribution in [0, 0.1) is 0 Å². The summed E-state index contributed by atoms with van der Waals surface area (Å²) in [6.45, 7) is 7.59. The summed E-state index contributed by atoms with van der Waals surface area (Å²) < 4.78 is 39.6. The van der Waals surface area contributed by atoms with Gasteiger partial charge in [0.25, 0.3) is 0 Å². The number of nitrogens with zero attached hydrogens (tertiary/aromatic N) is 2. The second-order valence-corrected chi connectivity index (χ2v) is 13.2. The fraction of sp³-hybridized carbons (Fsp3) is 0.423. The van der Waals surface area contributed by atoms with Crippen LogP contribution in [-0.2, 0) is 0 Å². The Morgan fingerprint density at radius 1 is 0.912 bits per heavy atom. The van der Waals surface area contributed by atoms with Crippen LogP contribution in [0.2, 0.25) is 0 Å². The molecule has 1 aliphatic heterocycles. The molecule has 0 aliphatic carbocycles. The van der Waals surface area contributed by atoms with Crippen LogP contribution in [0.15, 0.2) is 54.6 Å². The summed E-state index contributed by atoms with van der Waals surface area (Å²) in [5.74, 6) is 1.95. The monoisotopic (exact) mass is 486 g/mol. The number of para-hydroxylation sites is 2. The molecule has 0 amide bonds. The van der Waals surface area contributed by atoms with Crippen molar-refractivity contribution in [2.45, 2.75) is 56.1 Å². The quantitative estimate of drug-likeness (QED) is 0.419. The number of methoxy groups -OCH3 is 2. The minimum Gasteiger partial charge on any atom is -0.497 e. The highest BCUT2D eigenvalue weighted by Crippen LogP contribution is 2.67. The van der Waals surface area contributed by atoms with Gasteiger partial charge in [-0.15, -0.1) is 5.10 Å². The van der Waals surface area contributed by atoms with Gasteiger partial charge in [-0.05, 0) is 64.1 Å². The summed E-state index contributed by atoms with van der Waals surface area (Å²) in [4.78, 5) is 0. The van der Waals surface area contributed by atoms with Crippen LogP contribution in [0.3, 0.4) is 0 Å². The molecule has 8 heteroatoms. The molecule has 0 bridgehead atoms. The van der Waals surface area contributed by atoms with Crippen LogP contribution in [0.25, 0.3) is 16.9 Å². The second kappa shape index (κ2) is 8.83. The van der Waals surface area contributed by atoms with Crippen molar-refractivity contribution in [3.8, 4) is 34.3 Å². The van der Waals surface area contributed by atoms with Gasteiger partial charge in [-0.25, -0.2) is 4.68 Å². The molecule has 0 atom stereocenters. The lowest BCUT2D eigenvalue weighted by Crippen LogP contribution is -2.51. The minimum atomic E-state index is -2.80. The van der Waals surface area contributed by atoms with Gasteiger partial charge in [0, 0.05) is 24.5 Å².